The van der Waals surface area contributed by atoms with Gasteiger partial charge in [0.15, 0.2) is 6.33 Å². The zero-order chi connectivity index (χ0) is 14.4. The molecule has 1 aromatic heterocycles. The Morgan fingerprint density at radius 2 is 1.55 bits per heavy atom. The molecule has 0 bridgehead atoms. The number of rotatable bonds is 2. The minimum absolute atomic E-state index is 0.331. The van der Waals surface area contributed by atoms with Crippen molar-refractivity contribution in [3.8, 4) is 11.5 Å². The monoisotopic (exact) mass is 272 g/mol. The van der Waals surface area contributed by atoms with Gasteiger partial charge in [-0.3, -0.25) is 0 Å². The summed E-state index contributed by atoms with van der Waals surface area (Å²) >= 11 is 0. The lowest BCUT2D eigenvalue weighted by Crippen LogP contribution is -2.41. The number of aromatic nitrogens is 2. The second-order valence-corrected chi connectivity index (χ2v) is 5.96. The van der Waals surface area contributed by atoms with Gasteiger partial charge in [-0.2, -0.15) is 4.98 Å². The Morgan fingerprint density at radius 1 is 0.950 bits per heavy atom. The first-order chi connectivity index (χ1) is 9.39. The van der Waals surface area contributed by atoms with Crippen LogP contribution in [0.5, 0.6) is 0 Å². The van der Waals surface area contributed by atoms with E-state index >= 15 is 0 Å². The van der Waals surface area contributed by atoms with Crippen molar-refractivity contribution in [2.24, 2.45) is 0 Å². The summed E-state index contributed by atoms with van der Waals surface area (Å²) in [5.41, 5.74) is 1.20. The second kappa shape index (κ2) is 4.43. The van der Waals surface area contributed by atoms with Gasteiger partial charge in [-0.05, 0) is 45.3 Å². The molecule has 0 saturated carbocycles. The van der Waals surface area contributed by atoms with Gasteiger partial charge in [0.25, 0.3) is 5.89 Å². The number of hydrogen-bond donors (Lipinski definition) is 0. The average Bonchev–Trinajstić information content (AvgIpc) is 2.97. The first-order valence-electron chi connectivity index (χ1n) is 6.62. The van der Waals surface area contributed by atoms with Gasteiger partial charge in [-0.1, -0.05) is 17.3 Å². The molecule has 0 radical (unpaired) electrons. The summed E-state index contributed by atoms with van der Waals surface area (Å²) in [4.78, 5) is 4.02. The standard InChI is InChI=1S/C14H17BN2O3/c1-13(2)14(3,4)20-15(19-13)11-7-5-10(6-8-11)12-16-9-17-18-12/h5-9H,1-4H3. The van der Waals surface area contributed by atoms with Crippen LogP contribution in [0.3, 0.4) is 0 Å². The smallest absolute Gasteiger partial charge is 0.399 e. The molecule has 0 amide bonds. The molecule has 20 heavy (non-hydrogen) atoms. The maximum atomic E-state index is 6.01. The molecule has 104 valence electrons. The summed E-state index contributed by atoms with van der Waals surface area (Å²) in [7, 11) is -0.350. The van der Waals surface area contributed by atoms with Gasteiger partial charge in [-0.25, -0.2) is 0 Å². The molecule has 0 aliphatic carbocycles. The van der Waals surface area contributed by atoms with Crippen molar-refractivity contribution in [3.05, 3.63) is 30.6 Å². The fourth-order valence-electron chi connectivity index (χ4n) is 2.06. The maximum Gasteiger partial charge on any atom is 0.494 e. The molecule has 1 aromatic carbocycles. The lowest BCUT2D eigenvalue weighted by atomic mass is 9.79. The van der Waals surface area contributed by atoms with Crippen molar-refractivity contribution in [2.75, 3.05) is 0 Å². The van der Waals surface area contributed by atoms with E-state index in [-0.39, 0.29) is 18.3 Å². The van der Waals surface area contributed by atoms with Gasteiger partial charge >= 0.3 is 7.12 Å². The van der Waals surface area contributed by atoms with E-state index in [9.17, 15) is 0 Å². The van der Waals surface area contributed by atoms with Crippen LogP contribution < -0.4 is 5.46 Å². The summed E-state index contributed by atoms with van der Waals surface area (Å²) in [6, 6.07) is 7.77. The summed E-state index contributed by atoms with van der Waals surface area (Å²) in [6.45, 7) is 8.17. The number of nitrogens with zero attached hydrogens (tertiary/aromatic N) is 2. The molecule has 1 fully saturated rings. The molecule has 0 N–H and O–H groups in total. The average molecular weight is 272 g/mol. The van der Waals surface area contributed by atoms with Crippen LogP contribution in [0.15, 0.2) is 35.1 Å². The first-order valence-corrected chi connectivity index (χ1v) is 6.62. The van der Waals surface area contributed by atoms with E-state index in [0.29, 0.717) is 5.89 Å². The Morgan fingerprint density at radius 3 is 2.05 bits per heavy atom. The summed E-state index contributed by atoms with van der Waals surface area (Å²) in [5.74, 6) is 0.505. The number of benzene rings is 1. The molecule has 2 aromatic rings. The second-order valence-electron chi connectivity index (χ2n) is 5.96. The van der Waals surface area contributed by atoms with Crippen molar-refractivity contribution < 1.29 is 13.8 Å². The van der Waals surface area contributed by atoms with E-state index in [2.05, 4.69) is 10.1 Å². The molecule has 0 spiro atoms. The predicted molar refractivity (Wildman–Crippen MR) is 75.5 cm³/mol. The summed E-state index contributed by atoms with van der Waals surface area (Å²) in [6.07, 6.45) is 1.39. The highest BCUT2D eigenvalue weighted by molar-refractivity contribution is 6.62. The van der Waals surface area contributed by atoms with E-state index in [4.69, 9.17) is 13.8 Å². The largest absolute Gasteiger partial charge is 0.494 e. The van der Waals surface area contributed by atoms with E-state index in [1.54, 1.807) is 0 Å². The summed E-state index contributed by atoms with van der Waals surface area (Å²) in [5, 5.41) is 3.60. The number of hydrogen-bond acceptors (Lipinski definition) is 5. The highest BCUT2D eigenvalue weighted by Crippen LogP contribution is 2.36. The molecule has 6 heteroatoms. The zero-order valence-electron chi connectivity index (χ0n) is 12.1. The molecule has 2 heterocycles. The Kier molecular flexibility index (Phi) is 2.95. The van der Waals surface area contributed by atoms with Gasteiger partial charge in [-0.15, -0.1) is 0 Å². The van der Waals surface area contributed by atoms with Crippen LogP contribution in [-0.4, -0.2) is 28.5 Å². The fourth-order valence-corrected chi connectivity index (χ4v) is 2.06. The molecule has 5 nitrogen and oxygen atoms in total. The van der Waals surface area contributed by atoms with Crippen LogP contribution in [0.1, 0.15) is 27.7 Å². The highest BCUT2D eigenvalue weighted by Gasteiger charge is 2.51. The SMILES string of the molecule is CC1(C)OB(c2ccc(-c3ncno3)cc2)OC1(C)C. The minimum Gasteiger partial charge on any atom is -0.399 e. The topological polar surface area (TPSA) is 57.4 Å². The van der Waals surface area contributed by atoms with Crippen LogP contribution in [-0.2, 0) is 9.31 Å². The third kappa shape index (κ3) is 2.15. The van der Waals surface area contributed by atoms with Crippen LogP contribution >= 0.6 is 0 Å². The van der Waals surface area contributed by atoms with E-state index in [1.165, 1.54) is 6.33 Å². The van der Waals surface area contributed by atoms with Gasteiger partial charge < -0.3 is 13.8 Å². The molecule has 0 unspecified atom stereocenters. The van der Waals surface area contributed by atoms with Crippen molar-refractivity contribution in [3.63, 3.8) is 0 Å². The van der Waals surface area contributed by atoms with E-state index in [0.717, 1.165) is 11.0 Å². The lowest BCUT2D eigenvalue weighted by Gasteiger charge is -2.32. The fraction of sp³-hybridized carbons (Fsp3) is 0.429. The highest BCUT2D eigenvalue weighted by atomic mass is 16.7. The molecule has 1 aliphatic rings. The van der Waals surface area contributed by atoms with Gasteiger partial charge in [0.2, 0.25) is 0 Å². The zero-order valence-corrected chi connectivity index (χ0v) is 12.1. The van der Waals surface area contributed by atoms with Crippen LogP contribution in [0, 0.1) is 0 Å². The lowest BCUT2D eigenvalue weighted by molar-refractivity contribution is 0.00578. The first kappa shape index (κ1) is 13.3. The van der Waals surface area contributed by atoms with Gasteiger partial charge in [0.1, 0.15) is 0 Å². The Labute approximate surface area is 118 Å². The Balaban J connectivity index is 1.83. The van der Waals surface area contributed by atoms with E-state index < -0.39 is 0 Å². The molecule has 0 atom stereocenters. The van der Waals surface area contributed by atoms with Crippen LogP contribution in [0.2, 0.25) is 0 Å². The Bertz CT molecular complexity index is 577. The molecule has 3 rings (SSSR count). The van der Waals surface area contributed by atoms with Crippen molar-refractivity contribution in [2.45, 2.75) is 38.9 Å². The molecule has 1 saturated heterocycles. The summed E-state index contributed by atoms with van der Waals surface area (Å²) < 4.78 is 17.0. The minimum atomic E-state index is -0.350. The third-order valence-corrected chi connectivity index (χ3v) is 4.04. The van der Waals surface area contributed by atoms with E-state index in [1.807, 2.05) is 52.0 Å². The predicted octanol–water partition coefficient (Wildman–Crippen LogP) is 2.04. The van der Waals surface area contributed by atoms with Crippen molar-refractivity contribution >= 4 is 12.6 Å². The molecular weight excluding hydrogens is 255 g/mol. The maximum absolute atomic E-state index is 6.01. The van der Waals surface area contributed by atoms with Crippen LogP contribution in [0.4, 0.5) is 0 Å². The van der Waals surface area contributed by atoms with Gasteiger partial charge in [0.05, 0.1) is 11.2 Å². The molecule has 1 aliphatic heterocycles. The normalized spacial score (nSPS) is 20.3. The third-order valence-electron chi connectivity index (χ3n) is 4.04. The van der Waals surface area contributed by atoms with Gasteiger partial charge in [0, 0.05) is 5.56 Å². The molecular formula is C14H17BN2O3. The van der Waals surface area contributed by atoms with Crippen LogP contribution in [0.25, 0.3) is 11.5 Å². The van der Waals surface area contributed by atoms with Crippen molar-refractivity contribution in [1.82, 2.24) is 10.1 Å². The quantitative estimate of drug-likeness (QED) is 0.783. The Hall–Kier alpha value is -1.66. The van der Waals surface area contributed by atoms with Crippen molar-refractivity contribution in [1.29, 1.82) is 0 Å².